The average molecular weight is 399 g/mol. The third kappa shape index (κ3) is 2.81. The highest BCUT2D eigenvalue weighted by molar-refractivity contribution is 14.1. The average Bonchev–Trinajstić information content (AvgIpc) is 3.33. The van der Waals surface area contributed by atoms with Gasteiger partial charge in [0.1, 0.15) is 5.82 Å². The predicted octanol–water partition coefficient (Wildman–Crippen LogP) is 3.82. The fourth-order valence-corrected chi connectivity index (χ4v) is 3.14. The third-order valence-corrected chi connectivity index (χ3v) is 4.55. The molecule has 4 nitrogen and oxygen atoms in total. The Morgan fingerprint density at radius 2 is 2.10 bits per heavy atom. The fourth-order valence-electron chi connectivity index (χ4n) is 2.19. The van der Waals surface area contributed by atoms with E-state index < -0.39 is 0 Å². The van der Waals surface area contributed by atoms with E-state index in [4.69, 9.17) is 4.74 Å². The van der Waals surface area contributed by atoms with Gasteiger partial charge in [-0.1, -0.05) is 0 Å². The lowest BCUT2D eigenvalue weighted by Crippen LogP contribution is -2.05. The minimum Gasteiger partial charge on any atom is -0.494 e. The number of benzene rings is 1. The van der Waals surface area contributed by atoms with Crippen molar-refractivity contribution in [2.75, 3.05) is 19.5 Å². The molecule has 0 amide bonds. The summed E-state index contributed by atoms with van der Waals surface area (Å²) in [5.41, 5.74) is 1.83. The number of anilines is 1. The molecule has 0 spiro atoms. The van der Waals surface area contributed by atoms with Crippen LogP contribution in [0.3, 0.4) is 0 Å². The van der Waals surface area contributed by atoms with Crippen LogP contribution in [0.4, 0.5) is 10.2 Å². The third-order valence-electron chi connectivity index (χ3n) is 3.49. The Hall–Kier alpha value is -1.44. The molecule has 1 aromatic heterocycles. The van der Waals surface area contributed by atoms with Crippen LogP contribution in [0.2, 0.25) is 0 Å². The quantitative estimate of drug-likeness (QED) is 0.795. The Morgan fingerprint density at radius 1 is 1.33 bits per heavy atom. The minimum absolute atomic E-state index is 0.202. The number of rotatable bonds is 4. The van der Waals surface area contributed by atoms with E-state index in [1.54, 1.807) is 12.1 Å². The highest BCUT2D eigenvalue weighted by atomic mass is 127. The second-order valence-electron chi connectivity index (χ2n) is 4.97. The number of methoxy groups -OCH3 is 1. The Bertz CT molecular complexity index is 689. The molecule has 21 heavy (non-hydrogen) atoms. The zero-order valence-electron chi connectivity index (χ0n) is 11.8. The lowest BCUT2D eigenvalue weighted by Gasteiger charge is -2.11. The molecule has 3 rings (SSSR count). The van der Waals surface area contributed by atoms with Crippen LogP contribution < -0.4 is 10.1 Å². The van der Waals surface area contributed by atoms with E-state index in [-0.39, 0.29) is 11.6 Å². The summed E-state index contributed by atoms with van der Waals surface area (Å²) in [6, 6.07) is 4.69. The molecular weight excluding hydrogens is 384 g/mol. The van der Waals surface area contributed by atoms with E-state index in [0.717, 1.165) is 20.6 Å². The van der Waals surface area contributed by atoms with Crippen molar-refractivity contribution in [3.8, 4) is 17.1 Å². The summed E-state index contributed by atoms with van der Waals surface area (Å²) in [7, 11) is 3.29. The predicted molar refractivity (Wildman–Crippen MR) is 88.2 cm³/mol. The molecule has 1 aliphatic carbocycles. The molecule has 6 heteroatoms. The van der Waals surface area contributed by atoms with Crippen molar-refractivity contribution in [2.24, 2.45) is 0 Å². The van der Waals surface area contributed by atoms with Gasteiger partial charge in [0.05, 0.1) is 16.4 Å². The number of hydrogen-bond donors (Lipinski definition) is 1. The first-order valence-corrected chi connectivity index (χ1v) is 7.81. The molecule has 110 valence electrons. The maximum absolute atomic E-state index is 13.5. The first kappa shape index (κ1) is 14.5. The molecule has 0 unspecified atom stereocenters. The van der Waals surface area contributed by atoms with Gasteiger partial charge in [-0.3, -0.25) is 0 Å². The van der Waals surface area contributed by atoms with E-state index in [1.807, 2.05) is 7.05 Å². The number of hydrogen-bond acceptors (Lipinski definition) is 4. The van der Waals surface area contributed by atoms with Crippen LogP contribution in [0, 0.1) is 9.39 Å². The summed E-state index contributed by atoms with van der Waals surface area (Å²) in [6.45, 7) is 0. The van der Waals surface area contributed by atoms with Gasteiger partial charge in [-0.15, -0.1) is 0 Å². The molecule has 2 aromatic rings. The van der Waals surface area contributed by atoms with Gasteiger partial charge in [-0.25, -0.2) is 14.4 Å². The molecule has 0 aliphatic heterocycles. The van der Waals surface area contributed by atoms with Crippen LogP contribution in [0.25, 0.3) is 11.4 Å². The normalized spacial score (nSPS) is 14.1. The summed E-state index contributed by atoms with van der Waals surface area (Å²) < 4.78 is 19.6. The molecular formula is C15H15FIN3O. The topological polar surface area (TPSA) is 47.0 Å². The van der Waals surface area contributed by atoms with Crippen molar-refractivity contribution in [3.63, 3.8) is 0 Å². The number of nitrogens with one attached hydrogen (secondary N) is 1. The number of ether oxygens (including phenoxy) is 1. The second-order valence-corrected chi connectivity index (χ2v) is 6.05. The summed E-state index contributed by atoms with van der Waals surface area (Å²) >= 11 is 2.28. The Balaban J connectivity index is 2.11. The molecule has 0 radical (unpaired) electrons. The van der Waals surface area contributed by atoms with Crippen molar-refractivity contribution in [3.05, 3.63) is 33.3 Å². The van der Waals surface area contributed by atoms with Gasteiger partial charge in [-0.2, -0.15) is 0 Å². The Labute approximate surface area is 136 Å². The van der Waals surface area contributed by atoms with Crippen LogP contribution in [-0.2, 0) is 0 Å². The van der Waals surface area contributed by atoms with Crippen molar-refractivity contribution in [2.45, 2.75) is 18.8 Å². The highest BCUT2D eigenvalue weighted by Crippen LogP contribution is 2.43. The van der Waals surface area contributed by atoms with Crippen LogP contribution in [0.1, 0.15) is 24.5 Å². The zero-order chi connectivity index (χ0) is 15.0. The Morgan fingerprint density at radius 3 is 2.71 bits per heavy atom. The fraction of sp³-hybridized carbons (Fsp3) is 0.333. The van der Waals surface area contributed by atoms with Gasteiger partial charge in [-0.05, 0) is 53.6 Å². The maximum Gasteiger partial charge on any atom is 0.165 e. The maximum atomic E-state index is 13.5. The van der Waals surface area contributed by atoms with Gasteiger partial charge in [0, 0.05) is 18.5 Å². The van der Waals surface area contributed by atoms with E-state index in [1.165, 1.54) is 26.0 Å². The zero-order valence-corrected chi connectivity index (χ0v) is 13.9. The van der Waals surface area contributed by atoms with E-state index >= 15 is 0 Å². The molecule has 1 aliphatic rings. The summed E-state index contributed by atoms with van der Waals surface area (Å²) in [4.78, 5) is 9.21. The van der Waals surface area contributed by atoms with Gasteiger partial charge >= 0.3 is 0 Å². The van der Waals surface area contributed by atoms with Crippen LogP contribution in [-0.4, -0.2) is 24.1 Å². The van der Waals surface area contributed by atoms with Crippen molar-refractivity contribution >= 4 is 28.4 Å². The van der Waals surface area contributed by atoms with Gasteiger partial charge in [0.2, 0.25) is 0 Å². The highest BCUT2D eigenvalue weighted by Gasteiger charge is 2.29. The first-order chi connectivity index (χ1) is 10.1. The molecule has 0 saturated heterocycles. The van der Waals surface area contributed by atoms with Gasteiger partial charge in [0.15, 0.2) is 17.4 Å². The monoisotopic (exact) mass is 399 g/mol. The smallest absolute Gasteiger partial charge is 0.165 e. The van der Waals surface area contributed by atoms with Crippen LogP contribution in [0.15, 0.2) is 18.2 Å². The summed E-state index contributed by atoms with van der Waals surface area (Å²) in [5, 5.41) is 3.10. The molecule has 1 heterocycles. The van der Waals surface area contributed by atoms with E-state index in [9.17, 15) is 4.39 Å². The largest absolute Gasteiger partial charge is 0.494 e. The first-order valence-electron chi connectivity index (χ1n) is 6.73. The van der Waals surface area contributed by atoms with E-state index in [0.29, 0.717) is 11.7 Å². The van der Waals surface area contributed by atoms with Crippen molar-refractivity contribution < 1.29 is 9.13 Å². The minimum atomic E-state index is -0.386. The lowest BCUT2D eigenvalue weighted by molar-refractivity contribution is 0.387. The Kier molecular flexibility index (Phi) is 3.97. The van der Waals surface area contributed by atoms with Gasteiger partial charge < -0.3 is 10.1 Å². The summed E-state index contributed by atoms with van der Waals surface area (Å²) in [5.74, 6) is 1.75. The van der Waals surface area contributed by atoms with Crippen molar-refractivity contribution in [1.29, 1.82) is 0 Å². The number of nitrogens with zero attached hydrogens (tertiary/aromatic N) is 2. The molecule has 1 fully saturated rings. The van der Waals surface area contributed by atoms with Crippen LogP contribution >= 0.6 is 22.6 Å². The second kappa shape index (κ2) is 5.75. The molecule has 1 saturated carbocycles. The lowest BCUT2D eigenvalue weighted by atomic mass is 10.1. The van der Waals surface area contributed by atoms with E-state index in [2.05, 4.69) is 37.9 Å². The van der Waals surface area contributed by atoms with Gasteiger partial charge in [0.25, 0.3) is 0 Å². The number of aromatic nitrogens is 2. The molecule has 1 aromatic carbocycles. The summed E-state index contributed by atoms with van der Waals surface area (Å²) in [6.07, 6.45) is 2.34. The SMILES string of the molecule is CNc1nc(-c2ccc(F)c(OC)c2)nc(C2CC2)c1I. The molecule has 0 atom stereocenters. The van der Waals surface area contributed by atoms with Crippen molar-refractivity contribution in [1.82, 2.24) is 9.97 Å². The molecule has 1 N–H and O–H groups in total. The standard InChI is InChI=1S/C15H15FIN3O/c1-18-15-12(17)13(8-3-4-8)19-14(20-15)9-5-6-10(16)11(7-9)21-2/h5-8H,3-4H2,1-2H3,(H,18,19,20). The molecule has 0 bridgehead atoms. The number of halogens is 2. The van der Waals surface area contributed by atoms with Crippen LogP contribution in [0.5, 0.6) is 5.75 Å².